The van der Waals surface area contributed by atoms with Crippen molar-refractivity contribution in [2.45, 2.75) is 19.5 Å². The zero-order chi connectivity index (χ0) is 12.3. The molecule has 1 fully saturated rings. The largest absolute Gasteiger partial charge is 0.465 e. The lowest BCUT2D eigenvalue weighted by Gasteiger charge is -2.38. The summed E-state index contributed by atoms with van der Waals surface area (Å²) < 4.78 is 0. The molecule has 1 aromatic rings. The minimum Gasteiger partial charge on any atom is -0.465 e. The molecule has 1 aliphatic rings. The Morgan fingerprint density at radius 3 is 2.94 bits per heavy atom. The van der Waals surface area contributed by atoms with E-state index in [4.69, 9.17) is 5.11 Å². The van der Waals surface area contributed by atoms with Gasteiger partial charge in [-0.2, -0.15) is 0 Å². The first-order valence-electron chi connectivity index (χ1n) is 5.78. The zero-order valence-corrected chi connectivity index (χ0v) is 9.91. The van der Waals surface area contributed by atoms with E-state index in [-0.39, 0.29) is 6.04 Å². The second-order valence-electron chi connectivity index (χ2n) is 4.37. The van der Waals surface area contributed by atoms with Crippen LogP contribution in [0.3, 0.4) is 0 Å². The number of nitrogens with zero attached hydrogens (tertiary/aromatic N) is 3. The lowest BCUT2D eigenvalue weighted by atomic mass is 10.2. The Bertz CT molecular complexity index is 383. The predicted octanol–water partition coefficient (Wildman–Crippen LogP) is 1.27. The van der Waals surface area contributed by atoms with Crippen molar-refractivity contribution in [1.29, 1.82) is 0 Å². The van der Waals surface area contributed by atoms with Gasteiger partial charge in [-0.15, -0.1) is 0 Å². The molecule has 0 aliphatic carbocycles. The Kier molecular flexibility index (Phi) is 3.58. The number of amides is 1. The van der Waals surface area contributed by atoms with E-state index in [0.29, 0.717) is 13.1 Å². The Morgan fingerprint density at radius 2 is 2.35 bits per heavy atom. The summed E-state index contributed by atoms with van der Waals surface area (Å²) in [5.41, 5.74) is 1.03. The van der Waals surface area contributed by atoms with Crippen LogP contribution in [-0.4, -0.2) is 51.7 Å². The van der Waals surface area contributed by atoms with Crippen LogP contribution in [0.4, 0.5) is 4.79 Å². The molecule has 1 saturated heterocycles. The molecule has 0 aromatic carbocycles. The maximum Gasteiger partial charge on any atom is 0.407 e. The van der Waals surface area contributed by atoms with Crippen LogP contribution in [0, 0.1) is 0 Å². The summed E-state index contributed by atoms with van der Waals surface area (Å²) in [4.78, 5) is 18.9. The minimum atomic E-state index is -0.825. The molecule has 0 bridgehead atoms. The first-order valence-corrected chi connectivity index (χ1v) is 5.78. The smallest absolute Gasteiger partial charge is 0.407 e. The summed E-state index contributed by atoms with van der Waals surface area (Å²) in [6, 6.07) is 6.10. The van der Waals surface area contributed by atoms with E-state index in [2.05, 4.69) is 16.8 Å². The topological polar surface area (TPSA) is 56.7 Å². The van der Waals surface area contributed by atoms with Crippen LogP contribution >= 0.6 is 0 Å². The van der Waals surface area contributed by atoms with Crippen molar-refractivity contribution in [2.24, 2.45) is 0 Å². The van der Waals surface area contributed by atoms with E-state index in [0.717, 1.165) is 18.8 Å². The number of pyridine rings is 1. The van der Waals surface area contributed by atoms with E-state index in [1.165, 1.54) is 4.90 Å². The van der Waals surface area contributed by atoms with Crippen LogP contribution in [0.5, 0.6) is 0 Å². The highest BCUT2D eigenvalue weighted by atomic mass is 16.4. The van der Waals surface area contributed by atoms with Gasteiger partial charge in [0.15, 0.2) is 0 Å². The molecule has 5 heteroatoms. The first kappa shape index (κ1) is 11.9. The van der Waals surface area contributed by atoms with Crippen molar-refractivity contribution >= 4 is 6.09 Å². The summed E-state index contributed by atoms with van der Waals surface area (Å²) in [5.74, 6) is 0. The fourth-order valence-electron chi connectivity index (χ4n) is 2.10. The molecule has 17 heavy (non-hydrogen) atoms. The Hall–Kier alpha value is -1.62. The lowest BCUT2D eigenvalue weighted by molar-refractivity contribution is 0.0705. The van der Waals surface area contributed by atoms with E-state index in [1.54, 1.807) is 6.20 Å². The normalized spacial score (nSPS) is 21.5. The zero-order valence-electron chi connectivity index (χ0n) is 9.91. The molecule has 5 nitrogen and oxygen atoms in total. The number of carboxylic acid groups (broad SMARTS) is 1. The number of aromatic nitrogens is 1. The molecule has 92 valence electrons. The molecule has 1 N–H and O–H groups in total. The molecular weight excluding hydrogens is 218 g/mol. The fraction of sp³-hybridized carbons (Fsp3) is 0.500. The Labute approximate surface area is 101 Å². The van der Waals surface area contributed by atoms with E-state index < -0.39 is 6.09 Å². The summed E-state index contributed by atoms with van der Waals surface area (Å²) in [6.45, 7) is 4.76. The molecule has 0 unspecified atom stereocenters. The van der Waals surface area contributed by atoms with E-state index >= 15 is 0 Å². The standard InChI is InChI=1S/C12H17N3O2/c1-10-8-15(12(16)17)7-6-14(10)9-11-4-2-3-5-13-11/h2-5,10H,6-9H2,1H3,(H,16,17)/t10-/m0/s1. The molecule has 1 atom stereocenters. The van der Waals surface area contributed by atoms with Crippen molar-refractivity contribution in [3.05, 3.63) is 30.1 Å². The highest BCUT2D eigenvalue weighted by Gasteiger charge is 2.26. The summed E-state index contributed by atoms with van der Waals surface area (Å²) in [6.07, 6.45) is 0.961. The van der Waals surface area contributed by atoms with E-state index in [1.807, 2.05) is 18.2 Å². The van der Waals surface area contributed by atoms with Crippen LogP contribution in [0.25, 0.3) is 0 Å². The molecular formula is C12H17N3O2. The van der Waals surface area contributed by atoms with Crippen molar-refractivity contribution in [3.8, 4) is 0 Å². The molecule has 1 amide bonds. The second kappa shape index (κ2) is 5.14. The number of piperazine rings is 1. The monoisotopic (exact) mass is 235 g/mol. The van der Waals surface area contributed by atoms with Crippen LogP contribution in [0.1, 0.15) is 12.6 Å². The van der Waals surface area contributed by atoms with Gasteiger partial charge >= 0.3 is 6.09 Å². The third-order valence-corrected chi connectivity index (χ3v) is 3.13. The van der Waals surface area contributed by atoms with Gasteiger partial charge in [0.25, 0.3) is 0 Å². The molecule has 1 aromatic heterocycles. The molecule has 0 saturated carbocycles. The summed E-state index contributed by atoms with van der Waals surface area (Å²) in [5, 5.41) is 8.93. The summed E-state index contributed by atoms with van der Waals surface area (Å²) >= 11 is 0. The minimum absolute atomic E-state index is 0.238. The quantitative estimate of drug-likeness (QED) is 0.838. The lowest BCUT2D eigenvalue weighted by Crippen LogP contribution is -2.52. The first-order chi connectivity index (χ1) is 8.16. The van der Waals surface area contributed by atoms with Crippen molar-refractivity contribution in [2.75, 3.05) is 19.6 Å². The highest BCUT2D eigenvalue weighted by molar-refractivity contribution is 5.65. The Balaban J connectivity index is 1.94. The Morgan fingerprint density at radius 1 is 1.53 bits per heavy atom. The number of hydrogen-bond acceptors (Lipinski definition) is 3. The maximum atomic E-state index is 10.9. The third kappa shape index (κ3) is 2.94. The number of carbonyl (C=O) groups is 1. The summed E-state index contributed by atoms with van der Waals surface area (Å²) in [7, 11) is 0. The van der Waals surface area contributed by atoms with Gasteiger partial charge in [0.05, 0.1) is 5.69 Å². The molecule has 1 aliphatic heterocycles. The van der Waals surface area contributed by atoms with Gasteiger partial charge in [-0.3, -0.25) is 9.88 Å². The van der Waals surface area contributed by atoms with Crippen molar-refractivity contribution in [1.82, 2.24) is 14.8 Å². The van der Waals surface area contributed by atoms with Crippen molar-refractivity contribution in [3.63, 3.8) is 0 Å². The van der Waals surface area contributed by atoms with Gasteiger partial charge in [-0.1, -0.05) is 6.07 Å². The number of hydrogen-bond donors (Lipinski definition) is 1. The number of rotatable bonds is 2. The molecule has 2 rings (SSSR count). The molecule has 0 spiro atoms. The van der Waals surface area contributed by atoms with Crippen LogP contribution in [0.2, 0.25) is 0 Å². The predicted molar refractivity (Wildman–Crippen MR) is 63.7 cm³/mol. The van der Waals surface area contributed by atoms with Gasteiger partial charge in [0.2, 0.25) is 0 Å². The SMILES string of the molecule is C[C@H]1CN(C(=O)O)CCN1Cc1ccccn1. The second-order valence-corrected chi connectivity index (χ2v) is 4.37. The van der Waals surface area contributed by atoms with Gasteiger partial charge in [-0.05, 0) is 19.1 Å². The average molecular weight is 235 g/mol. The van der Waals surface area contributed by atoms with Gasteiger partial charge in [0.1, 0.15) is 0 Å². The molecule has 0 radical (unpaired) electrons. The maximum absolute atomic E-state index is 10.9. The fourth-order valence-corrected chi connectivity index (χ4v) is 2.10. The van der Waals surface area contributed by atoms with Crippen LogP contribution in [0.15, 0.2) is 24.4 Å². The van der Waals surface area contributed by atoms with Crippen molar-refractivity contribution < 1.29 is 9.90 Å². The van der Waals surface area contributed by atoms with E-state index in [9.17, 15) is 4.79 Å². The molecule has 2 heterocycles. The average Bonchev–Trinajstić information content (AvgIpc) is 2.33. The third-order valence-electron chi connectivity index (χ3n) is 3.13. The van der Waals surface area contributed by atoms with Gasteiger partial charge < -0.3 is 10.0 Å². The van der Waals surface area contributed by atoms with Crippen LogP contribution in [-0.2, 0) is 6.54 Å². The van der Waals surface area contributed by atoms with Crippen LogP contribution < -0.4 is 0 Å². The van der Waals surface area contributed by atoms with Gasteiger partial charge in [-0.25, -0.2) is 4.79 Å². The highest BCUT2D eigenvalue weighted by Crippen LogP contribution is 2.12. The van der Waals surface area contributed by atoms with Gasteiger partial charge in [0, 0.05) is 38.4 Å².